The fourth-order valence-electron chi connectivity index (χ4n) is 2.71. The van der Waals surface area contributed by atoms with Crippen LogP contribution in [-0.4, -0.2) is 57.8 Å². The highest BCUT2D eigenvalue weighted by Crippen LogP contribution is 2.18. The first-order valence-electron chi connectivity index (χ1n) is 8.88. The highest BCUT2D eigenvalue weighted by Gasteiger charge is 2.22. The lowest BCUT2D eigenvalue weighted by atomic mass is 10.2. The molecule has 2 atom stereocenters. The van der Waals surface area contributed by atoms with Gasteiger partial charge in [-0.3, -0.25) is 14.4 Å². The van der Waals surface area contributed by atoms with Crippen molar-refractivity contribution >= 4 is 21.6 Å². The third-order valence-electron chi connectivity index (χ3n) is 4.27. The van der Waals surface area contributed by atoms with Crippen molar-refractivity contribution in [2.24, 2.45) is 5.92 Å². The molecule has 0 bridgehead atoms. The lowest BCUT2D eigenvalue weighted by molar-refractivity contribution is -0.124. The van der Waals surface area contributed by atoms with Crippen molar-refractivity contribution in [3.63, 3.8) is 0 Å². The highest BCUT2D eigenvalue weighted by molar-refractivity contribution is 7.92. The molecule has 0 fully saturated rings. The number of methoxy groups -OCH3 is 1. The number of ether oxygens (including phenoxy) is 1. The number of anilines is 1. The van der Waals surface area contributed by atoms with E-state index in [4.69, 9.17) is 4.74 Å². The first-order valence-corrected chi connectivity index (χ1v) is 10.5. The minimum absolute atomic E-state index is 0.202. The minimum atomic E-state index is -3.64. The lowest BCUT2D eigenvalue weighted by Crippen LogP contribution is -2.44. The summed E-state index contributed by atoms with van der Waals surface area (Å²) >= 11 is 0. The van der Waals surface area contributed by atoms with Crippen LogP contribution in [-0.2, 0) is 14.8 Å². The molecule has 2 unspecified atom stereocenters. The van der Waals surface area contributed by atoms with Crippen molar-refractivity contribution in [3.8, 4) is 5.75 Å². The fourth-order valence-corrected chi connectivity index (χ4v) is 4.09. The molecule has 1 rings (SSSR count). The zero-order chi connectivity index (χ0) is 19.7. The molecule has 0 aliphatic rings. The average molecular weight is 386 g/mol. The third kappa shape index (κ3) is 7.21. The molecule has 0 heterocycles. The normalized spacial score (nSPS) is 13.9. The molecule has 0 saturated carbocycles. The summed E-state index contributed by atoms with van der Waals surface area (Å²) in [6.07, 6.45) is 0. The van der Waals surface area contributed by atoms with Crippen LogP contribution in [0.2, 0.25) is 0 Å². The Bertz CT molecular complexity index is 675. The number of rotatable bonds is 11. The Morgan fingerprint density at radius 2 is 1.88 bits per heavy atom. The summed E-state index contributed by atoms with van der Waals surface area (Å²) in [5.41, 5.74) is 0.409. The summed E-state index contributed by atoms with van der Waals surface area (Å²) in [5.74, 6) is -0.640. The van der Waals surface area contributed by atoms with Gasteiger partial charge in [0.05, 0.1) is 24.5 Å². The summed E-state index contributed by atoms with van der Waals surface area (Å²) in [4.78, 5) is 14.5. The maximum atomic E-state index is 12.3. The van der Waals surface area contributed by atoms with E-state index >= 15 is 0 Å². The van der Waals surface area contributed by atoms with Gasteiger partial charge >= 0.3 is 0 Å². The summed E-state index contributed by atoms with van der Waals surface area (Å²) in [6, 6.07) is 6.85. The van der Waals surface area contributed by atoms with E-state index in [1.165, 1.54) is 7.11 Å². The van der Waals surface area contributed by atoms with Crippen molar-refractivity contribution in [2.45, 2.75) is 33.7 Å². The Hall–Kier alpha value is -1.80. The third-order valence-corrected chi connectivity index (χ3v) is 5.75. The van der Waals surface area contributed by atoms with Crippen molar-refractivity contribution < 1.29 is 17.9 Å². The zero-order valence-electron chi connectivity index (χ0n) is 16.3. The number of amides is 1. The fraction of sp³-hybridized carbons (Fsp3) is 0.611. The predicted molar refractivity (Wildman–Crippen MR) is 105 cm³/mol. The number of hydrogen-bond donors (Lipinski definition) is 2. The van der Waals surface area contributed by atoms with Crippen molar-refractivity contribution in [1.82, 2.24) is 10.2 Å². The number of nitrogens with zero attached hydrogens (tertiary/aromatic N) is 1. The van der Waals surface area contributed by atoms with Gasteiger partial charge in [0.15, 0.2) is 0 Å². The van der Waals surface area contributed by atoms with E-state index in [9.17, 15) is 13.2 Å². The molecule has 2 N–H and O–H groups in total. The molecule has 1 aromatic rings. The van der Waals surface area contributed by atoms with Crippen LogP contribution in [0.5, 0.6) is 5.75 Å². The quantitative estimate of drug-likeness (QED) is 0.608. The van der Waals surface area contributed by atoms with E-state index < -0.39 is 15.9 Å². The minimum Gasteiger partial charge on any atom is -0.497 e. The molecule has 26 heavy (non-hydrogen) atoms. The number of carbonyl (C=O) groups is 1. The van der Waals surface area contributed by atoms with Gasteiger partial charge in [0.2, 0.25) is 15.9 Å². The first kappa shape index (κ1) is 22.2. The molecular formula is C18H31N3O4S. The number of likely N-dealkylation sites (N-methyl/N-ethyl adjacent to an activating group) is 1. The van der Waals surface area contributed by atoms with Gasteiger partial charge in [-0.2, -0.15) is 0 Å². The van der Waals surface area contributed by atoms with E-state index in [0.717, 1.165) is 13.1 Å². The van der Waals surface area contributed by atoms with Gasteiger partial charge in [0, 0.05) is 18.7 Å². The summed E-state index contributed by atoms with van der Waals surface area (Å²) in [6.45, 7) is 10.1. The Kier molecular flexibility index (Phi) is 8.87. The zero-order valence-corrected chi connectivity index (χ0v) is 17.1. The second-order valence-corrected chi connectivity index (χ2v) is 8.10. The number of nitrogens with one attached hydrogen (secondary N) is 2. The average Bonchev–Trinajstić information content (AvgIpc) is 2.59. The van der Waals surface area contributed by atoms with Crippen LogP contribution in [0.3, 0.4) is 0 Å². The molecule has 7 nitrogen and oxygen atoms in total. The lowest BCUT2D eigenvalue weighted by Gasteiger charge is -2.27. The van der Waals surface area contributed by atoms with E-state index in [1.54, 1.807) is 31.2 Å². The van der Waals surface area contributed by atoms with Gasteiger partial charge in [-0.1, -0.05) is 26.8 Å². The molecule has 0 aromatic heterocycles. The molecule has 0 radical (unpaired) electrons. The smallest absolute Gasteiger partial charge is 0.233 e. The van der Waals surface area contributed by atoms with E-state index in [-0.39, 0.29) is 17.7 Å². The van der Waals surface area contributed by atoms with Crippen LogP contribution < -0.4 is 14.8 Å². The summed E-state index contributed by atoms with van der Waals surface area (Å²) in [7, 11) is -2.13. The Labute approximate surface area is 157 Å². The summed E-state index contributed by atoms with van der Waals surface area (Å²) in [5, 5.41) is 2.84. The Morgan fingerprint density at radius 1 is 1.23 bits per heavy atom. The van der Waals surface area contributed by atoms with Crippen molar-refractivity contribution in [1.29, 1.82) is 0 Å². The van der Waals surface area contributed by atoms with E-state index in [1.807, 2.05) is 6.92 Å². The van der Waals surface area contributed by atoms with Crippen LogP contribution in [0.15, 0.2) is 24.3 Å². The Balaban J connectivity index is 2.58. The molecule has 148 valence electrons. The maximum absolute atomic E-state index is 12.3. The first-order chi connectivity index (χ1) is 12.2. The van der Waals surface area contributed by atoms with Crippen LogP contribution in [0.1, 0.15) is 27.7 Å². The number of sulfonamides is 1. The topological polar surface area (TPSA) is 87.7 Å². The largest absolute Gasteiger partial charge is 0.497 e. The number of benzene rings is 1. The van der Waals surface area contributed by atoms with Crippen LogP contribution in [0, 0.1) is 5.92 Å². The van der Waals surface area contributed by atoms with Gasteiger partial charge < -0.3 is 10.1 Å². The highest BCUT2D eigenvalue weighted by atomic mass is 32.2. The van der Waals surface area contributed by atoms with Gasteiger partial charge in [0.1, 0.15) is 5.75 Å². The van der Waals surface area contributed by atoms with E-state index in [0.29, 0.717) is 18.0 Å². The van der Waals surface area contributed by atoms with Crippen LogP contribution in [0.4, 0.5) is 5.69 Å². The van der Waals surface area contributed by atoms with Crippen LogP contribution >= 0.6 is 0 Å². The van der Waals surface area contributed by atoms with Crippen LogP contribution in [0.25, 0.3) is 0 Å². The molecule has 0 spiro atoms. The van der Waals surface area contributed by atoms with E-state index in [2.05, 4.69) is 28.8 Å². The van der Waals surface area contributed by atoms with Gasteiger partial charge in [-0.05, 0) is 32.1 Å². The van der Waals surface area contributed by atoms with Gasteiger partial charge in [0.25, 0.3) is 0 Å². The molecule has 8 heteroatoms. The van der Waals surface area contributed by atoms with Gasteiger partial charge in [-0.25, -0.2) is 8.42 Å². The van der Waals surface area contributed by atoms with Gasteiger partial charge in [-0.15, -0.1) is 0 Å². The van der Waals surface area contributed by atoms with Crippen molar-refractivity contribution in [3.05, 3.63) is 24.3 Å². The monoisotopic (exact) mass is 385 g/mol. The molecule has 0 aliphatic carbocycles. The molecular weight excluding hydrogens is 354 g/mol. The molecule has 1 amide bonds. The molecule has 0 saturated heterocycles. The standard InChI is InChI=1S/C18H31N3O4S/c1-6-21(7-2)15(4)12-19-18(22)14(3)13-26(23,24)20-16-9-8-10-17(11-16)25-5/h8-11,14-15,20H,6-7,12-13H2,1-5H3,(H,19,22). The maximum Gasteiger partial charge on any atom is 0.233 e. The van der Waals surface area contributed by atoms with Crippen molar-refractivity contribution in [2.75, 3.05) is 37.2 Å². The second-order valence-electron chi connectivity index (χ2n) is 6.33. The number of carbonyl (C=O) groups excluding carboxylic acids is 1. The SMILES string of the molecule is CCN(CC)C(C)CNC(=O)C(C)CS(=O)(=O)Nc1cccc(OC)c1. The molecule has 0 aliphatic heterocycles. The predicted octanol–water partition coefficient (Wildman–Crippen LogP) is 1.92. The Morgan fingerprint density at radius 3 is 2.46 bits per heavy atom. The summed E-state index contributed by atoms with van der Waals surface area (Å²) < 4.78 is 32.2. The molecule has 1 aromatic carbocycles. The second kappa shape index (κ2) is 10.4. The number of hydrogen-bond acceptors (Lipinski definition) is 5.